The highest BCUT2D eigenvalue weighted by atomic mass is 16.4. The minimum atomic E-state index is -0.819. The molecule has 4 heteroatoms. The van der Waals surface area contributed by atoms with Gasteiger partial charge < -0.3 is 15.5 Å². The van der Waals surface area contributed by atoms with E-state index in [-0.39, 0.29) is 6.04 Å². The van der Waals surface area contributed by atoms with E-state index >= 15 is 0 Å². The van der Waals surface area contributed by atoms with Crippen molar-refractivity contribution in [2.75, 3.05) is 6.54 Å². The predicted octanol–water partition coefficient (Wildman–Crippen LogP) is 0.0660. The quantitative estimate of drug-likeness (QED) is 0.553. The SMILES string of the molecule is CC(O)CNC(C)C(C)C(=O)O. The predicted molar refractivity (Wildman–Crippen MR) is 45.9 cm³/mol. The van der Waals surface area contributed by atoms with Gasteiger partial charge in [0, 0.05) is 12.6 Å². The Kier molecular flexibility index (Phi) is 4.85. The van der Waals surface area contributed by atoms with Crippen molar-refractivity contribution in [2.24, 2.45) is 5.92 Å². The Morgan fingerprint density at radius 2 is 1.92 bits per heavy atom. The maximum absolute atomic E-state index is 10.5. The summed E-state index contributed by atoms with van der Waals surface area (Å²) in [6.45, 7) is 5.52. The molecule has 3 N–H and O–H groups in total. The third kappa shape index (κ3) is 4.31. The molecule has 72 valence electrons. The number of carbonyl (C=O) groups is 1. The number of rotatable bonds is 5. The zero-order valence-corrected chi connectivity index (χ0v) is 7.74. The zero-order chi connectivity index (χ0) is 9.72. The first-order valence-corrected chi connectivity index (χ1v) is 4.09. The topological polar surface area (TPSA) is 69.6 Å². The maximum atomic E-state index is 10.5. The molecular formula is C8H17NO3. The third-order valence-corrected chi connectivity index (χ3v) is 1.87. The van der Waals surface area contributed by atoms with Gasteiger partial charge in [-0.3, -0.25) is 4.79 Å². The summed E-state index contributed by atoms with van der Waals surface area (Å²) in [5, 5.41) is 20.5. The van der Waals surface area contributed by atoms with Crippen molar-refractivity contribution >= 4 is 5.97 Å². The van der Waals surface area contributed by atoms with Crippen molar-refractivity contribution in [3.05, 3.63) is 0 Å². The number of carboxylic acids is 1. The van der Waals surface area contributed by atoms with Crippen LogP contribution in [-0.2, 0) is 4.79 Å². The molecule has 0 fully saturated rings. The summed E-state index contributed by atoms with van der Waals surface area (Å²) >= 11 is 0. The molecule has 0 aromatic rings. The number of hydrogen-bond donors (Lipinski definition) is 3. The number of carboxylic acid groups (broad SMARTS) is 1. The molecule has 0 rings (SSSR count). The van der Waals surface area contributed by atoms with Gasteiger partial charge in [-0.2, -0.15) is 0 Å². The van der Waals surface area contributed by atoms with E-state index in [1.807, 2.05) is 0 Å². The second kappa shape index (κ2) is 5.11. The van der Waals surface area contributed by atoms with Crippen LogP contribution in [0.1, 0.15) is 20.8 Å². The lowest BCUT2D eigenvalue weighted by atomic mass is 10.0. The van der Waals surface area contributed by atoms with E-state index in [1.54, 1.807) is 20.8 Å². The Bertz CT molecular complexity index is 147. The van der Waals surface area contributed by atoms with Gasteiger partial charge in [0.15, 0.2) is 0 Å². The van der Waals surface area contributed by atoms with Gasteiger partial charge in [0.25, 0.3) is 0 Å². The zero-order valence-electron chi connectivity index (χ0n) is 7.74. The lowest BCUT2D eigenvalue weighted by Gasteiger charge is -2.18. The van der Waals surface area contributed by atoms with Crippen LogP contribution < -0.4 is 5.32 Å². The molecule has 0 saturated carbocycles. The smallest absolute Gasteiger partial charge is 0.307 e. The molecule has 0 aliphatic carbocycles. The fourth-order valence-electron chi connectivity index (χ4n) is 0.747. The molecule has 3 atom stereocenters. The molecule has 0 spiro atoms. The summed E-state index contributed by atoms with van der Waals surface area (Å²) in [6, 6.07) is -0.114. The van der Waals surface area contributed by atoms with Crippen LogP contribution in [-0.4, -0.2) is 34.9 Å². The van der Waals surface area contributed by atoms with Gasteiger partial charge >= 0.3 is 5.97 Å². The molecular weight excluding hydrogens is 158 g/mol. The van der Waals surface area contributed by atoms with E-state index in [1.165, 1.54) is 0 Å². The number of hydrogen-bond acceptors (Lipinski definition) is 3. The van der Waals surface area contributed by atoms with E-state index in [4.69, 9.17) is 10.2 Å². The van der Waals surface area contributed by atoms with Crippen molar-refractivity contribution < 1.29 is 15.0 Å². The summed E-state index contributed by atoms with van der Waals surface area (Å²) in [4.78, 5) is 10.5. The molecule has 0 radical (unpaired) electrons. The van der Waals surface area contributed by atoms with Gasteiger partial charge in [0.05, 0.1) is 12.0 Å². The highest BCUT2D eigenvalue weighted by Crippen LogP contribution is 2.01. The first-order valence-electron chi connectivity index (χ1n) is 4.09. The second-order valence-electron chi connectivity index (χ2n) is 3.17. The number of nitrogens with one attached hydrogen (secondary N) is 1. The van der Waals surface area contributed by atoms with E-state index in [2.05, 4.69) is 5.32 Å². The normalized spacial score (nSPS) is 18.3. The van der Waals surface area contributed by atoms with E-state index in [0.717, 1.165) is 0 Å². The van der Waals surface area contributed by atoms with Crippen molar-refractivity contribution in [1.29, 1.82) is 0 Å². The first-order chi connectivity index (χ1) is 5.45. The van der Waals surface area contributed by atoms with Crippen LogP contribution in [0.3, 0.4) is 0 Å². The van der Waals surface area contributed by atoms with Gasteiger partial charge in [0.2, 0.25) is 0 Å². The molecule has 4 nitrogen and oxygen atoms in total. The Labute approximate surface area is 72.6 Å². The summed E-state index contributed by atoms with van der Waals surface area (Å²) in [5.74, 6) is -1.25. The Balaban J connectivity index is 3.71. The maximum Gasteiger partial charge on any atom is 0.307 e. The van der Waals surface area contributed by atoms with Crippen molar-refractivity contribution in [3.8, 4) is 0 Å². The standard InChI is InChI=1S/C8H17NO3/c1-5(10)4-9-7(3)6(2)8(11)12/h5-7,9-10H,4H2,1-3H3,(H,11,12). The average Bonchev–Trinajstić information content (AvgIpc) is 1.98. The molecule has 0 aliphatic rings. The first kappa shape index (κ1) is 11.4. The number of aliphatic hydroxyl groups excluding tert-OH is 1. The lowest BCUT2D eigenvalue weighted by Crippen LogP contribution is -2.39. The highest BCUT2D eigenvalue weighted by Gasteiger charge is 2.18. The van der Waals surface area contributed by atoms with Gasteiger partial charge in [-0.05, 0) is 13.8 Å². The molecule has 3 unspecified atom stereocenters. The Hall–Kier alpha value is -0.610. The van der Waals surface area contributed by atoms with Crippen LogP contribution in [0, 0.1) is 5.92 Å². The number of aliphatic carboxylic acids is 1. The second-order valence-corrected chi connectivity index (χ2v) is 3.17. The molecule has 0 amide bonds. The molecule has 0 saturated heterocycles. The van der Waals surface area contributed by atoms with Crippen molar-refractivity contribution in [2.45, 2.75) is 32.9 Å². The average molecular weight is 175 g/mol. The lowest BCUT2D eigenvalue weighted by molar-refractivity contribution is -0.142. The van der Waals surface area contributed by atoms with Crippen LogP contribution in [0.2, 0.25) is 0 Å². The van der Waals surface area contributed by atoms with Gasteiger partial charge in [0.1, 0.15) is 0 Å². The summed E-state index contributed by atoms with van der Waals surface area (Å²) in [7, 11) is 0. The van der Waals surface area contributed by atoms with Crippen LogP contribution in [0.25, 0.3) is 0 Å². The molecule has 0 heterocycles. The highest BCUT2D eigenvalue weighted by molar-refractivity contribution is 5.70. The van der Waals surface area contributed by atoms with Crippen molar-refractivity contribution in [1.82, 2.24) is 5.32 Å². The van der Waals surface area contributed by atoms with E-state index in [9.17, 15) is 4.79 Å². The summed E-state index contributed by atoms with van der Waals surface area (Å²) < 4.78 is 0. The fourth-order valence-corrected chi connectivity index (χ4v) is 0.747. The van der Waals surface area contributed by atoms with Crippen LogP contribution in [0.4, 0.5) is 0 Å². The van der Waals surface area contributed by atoms with E-state index < -0.39 is 18.0 Å². The minimum absolute atomic E-state index is 0.114. The van der Waals surface area contributed by atoms with Gasteiger partial charge in [-0.1, -0.05) is 6.92 Å². The molecule has 0 aliphatic heterocycles. The van der Waals surface area contributed by atoms with Crippen LogP contribution in [0.15, 0.2) is 0 Å². The molecule has 0 bridgehead atoms. The van der Waals surface area contributed by atoms with Crippen LogP contribution in [0.5, 0.6) is 0 Å². The van der Waals surface area contributed by atoms with Crippen LogP contribution >= 0.6 is 0 Å². The molecule has 0 aromatic carbocycles. The van der Waals surface area contributed by atoms with Gasteiger partial charge in [-0.25, -0.2) is 0 Å². The minimum Gasteiger partial charge on any atom is -0.481 e. The number of aliphatic hydroxyl groups is 1. The van der Waals surface area contributed by atoms with Gasteiger partial charge in [-0.15, -0.1) is 0 Å². The summed E-state index contributed by atoms with van der Waals surface area (Å²) in [6.07, 6.45) is -0.437. The summed E-state index contributed by atoms with van der Waals surface area (Å²) in [5.41, 5.74) is 0. The molecule has 12 heavy (non-hydrogen) atoms. The van der Waals surface area contributed by atoms with E-state index in [0.29, 0.717) is 6.54 Å². The Morgan fingerprint density at radius 3 is 2.25 bits per heavy atom. The monoisotopic (exact) mass is 175 g/mol. The fraction of sp³-hybridized carbons (Fsp3) is 0.875. The largest absolute Gasteiger partial charge is 0.481 e. The third-order valence-electron chi connectivity index (χ3n) is 1.87. The Morgan fingerprint density at radius 1 is 1.42 bits per heavy atom. The molecule has 0 aromatic heterocycles. The van der Waals surface area contributed by atoms with Crippen molar-refractivity contribution in [3.63, 3.8) is 0 Å².